The van der Waals surface area contributed by atoms with Crippen molar-refractivity contribution in [1.82, 2.24) is 14.9 Å². The van der Waals surface area contributed by atoms with E-state index in [1.54, 1.807) is 0 Å². The second-order valence-electron chi connectivity index (χ2n) is 4.90. The fourth-order valence-electron chi connectivity index (χ4n) is 2.57. The zero-order chi connectivity index (χ0) is 14.7. The van der Waals surface area contributed by atoms with Gasteiger partial charge in [-0.05, 0) is 17.7 Å². The number of rotatable bonds is 4. The third kappa shape index (κ3) is 2.51. The summed E-state index contributed by atoms with van der Waals surface area (Å²) in [6, 6.07) is 20.2. The third-order valence-corrected chi connectivity index (χ3v) is 3.60. The number of nitriles is 1. The molecule has 0 aliphatic rings. The maximum Gasteiger partial charge on any atom is 0.131 e. The van der Waals surface area contributed by atoms with Gasteiger partial charge in [0.25, 0.3) is 0 Å². The van der Waals surface area contributed by atoms with Crippen LogP contribution in [0.1, 0.15) is 17.4 Å². The number of para-hydroxylation sites is 2. The van der Waals surface area contributed by atoms with Gasteiger partial charge in [0, 0.05) is 7.05 Å². The fourth-order valence-corrected chi connectivity index (χ4v) is 2.57. The molecule has 21 heavy (non-hydrogen) atoms. The summed E-state index contributed by atoms with van der Waals surface area (Å²) in [5, 5.41) is 12.1. The Labute approximate surface area is 123 Å². The second-order valence-corrected chi connectivity index (χ2v) is 4.90. The van der Waals surface area contributed by atoms with Crippen molar-refractivity contribution < 1.29 is 0 Å². The maximum absolute atomic E-state index is 8.88. The highest BCUT2D eigenvalue weighted by Gasteiger charge is 2.19. The Hall–Kier alpha value is -2.64. The van der Waals surface area contributed by atoms with Crippen LogP contribution in [0.3, 0.4) is 0 Å². The zero-order valence-corrected chi connectivity index (χ0v) is 11.8. The molecule has 0 spiro atoms. The van der Waals surface area contributed by atoms with E-state index in [0.29, 0.717) is 0 Å². The Morgan fingerprint density at radius 1 is 1.14 bits per heavy atom. The molecule has 4 nitrogen and oxygen atoms in total. The molecule has 3 aromatic rings. The van der Waals surface area contributed by atoms with E-state index >= 15 is 0 Å². The average Bonchev–Trinajstić information content (AvgIpc) is 2.86. The largest absolute Gasteiger partial charge is 0.329 e. The first-order valence-electron chi connectivity index (χ1n) is 6.88. The van der Waals surface area contributed by atoms with Crippen LogP contribution < -0.4 is 5.32 Å². The van der Waals surface area contributed by atoms with E-state index in [1.165, 1.54) is 0 Å². The molecule has 1 heterocycles. The van der Waals surface area contributed by atoms with E-state index in [1.807, 2.05) is 55.6 Å². The minimum absolute atomic E-state index is 0.0942. The van der Waals surface area contributed by atoms with Gasteiger partial charge in [0.1, 0.15) is 5.82 Å². The first kappa shape index (κ1) is 13.3. The van der Waals surface area contributed by atoms with Gasteiger partial charge >= 0.3 is 0 Å². The smallest absolute Gasteiger partial charge is 0.131 e. The number of nitrogens with one attached hydrogen (secondary N) is 1. The van der Waals surface area contributed by atoms with Crippen LogP contribution in [0, 0.1) is 11.3 Å². The summed E-state index contributed by atoms with van der Waals surface area (Å²) in [6.45, 7) is 0.281. The van der Waals surface area contributed by atoms with Gasteiger partial charge < -0.3 is 4.57 Å². The Kier molecular flexibility index (Phi) is 3.67. The van der Waals surface area contributed by atoms with E-state index < -0.39 is 0 Å². The van der Waals surface area contributed by atoms with Gasteiger partial charge in [0.2, 0.25) is 0 Å². The van der Waals surface area contributed by atoms with Gasteiger partial charge in [-0.3, -0.25) is 5.32 Å². The normalized spacial score (nSPS) is 12.2. The van der Waals surface area contributed by atoms with E-state index in [9.17, 15) is 0 Å². The molecule has 0 aliphatic carbocycles. The summed E-state index contributed by atoms with van der Waals surface area (Å²) in [6.07, 6.45) is 0. The first-order chi connectivity index (χ1) is 10.3. The number of fused-ring (bicyclic) bond motifs is 1. The fraction of sp³-hybridized carbons (Fsp3) is 0.176. The maximum atomic E-state index is 8.88. The Bertz CT molecular complexity index is 783. The van der Waals surface area contributed by atoms with Crippen molar-refractivity contribution in [2.24, 2.45) is 7.05 Å². The van der Waals surface area contributed by atoms with Crippen molar-refractivity contribution in [2.45, 2.75) is 6.04 Å². The van der Waals surface area contributed by atoms with E-state index in [-0.39, 0.29) is 12.6 Å². The molecule has 1 N–H and O–H groups in total. The molecular weight excluding hydrogens is 260 g/mol. The van der Waals surface area contributed by atoms with Crippen LogP contribution in [-0.2, 0) is 7.05 Å². The molecule has 1 atom stereocenters. The standard InChI is InChI=1S/C17H16N4/c1-21-15-10-6-5-9-14(15)20-17(21)16(19-12-11-18)13-7-3-2-4-8-13/h2-10,16,19H,12H2,1H3/t16-/m1/s1. The molecule has 1 aromatic heterocycles. The second kappa shape index (κ2) is 5.78. The van der Waals surface area contributed by atoms with Gasteiger partial charge in [0.05, 0.1) is 29.7 Å². The zero-order valence-electron chi connectivity index (χ0n) is 11.8. The highest BCUT2D eigenvalue weighted by atomic mass is 15.1. The first-order valence-corrected chi connectivity index (χ1v) is 6.88. The van der Waals surface area contributed by atoms with Crippen LogP contribution in [0.4, 0.5) is 0 Å². The van der Waals surface area contributed by atoms with Crippen molar-refractivity contribution in [3.63, 3.8) is 0 Å². The average molecular weight is 276 g/mol. The number of aryl methyl sites for hydroxylation is 1. The molecule has 3 rings (SSSR count). The van der Waals surface area contributed by atoms with Gasteiger partial charge in [-0.25, -0.2) is 4.98 Å². The SMILES string of the molecule is Cn1c([C@H](NCC#N)c2ccccc2)nc2ccccc21. The highest BCUT2D eigenvalue weighted by molar-refractivity contribution is 5.76. The van der Waals surface area contributed by atoms with Gasteiger partial charge in [0.15, 0.2) is 0 Å². The summed E-state index contributed by atoms with van der Waals surface area (Å²) in [7, 11) is 2.01. The topological polar surface area (TPSA) is 53.6 Å². The molecule has 4 heteroatoms. The number of hydrogen-bond donors (Lipinski definition) is 1. The summed E-state index contributed by atoms with van der Waals surface area (Å²) < 4.78 is 2.08. The molecule has 0 amide bonds. The molecule has 0 saturated heterocycles. The lowest BCUT2D eigenvalue weighted by molar-refractivity contribution is 0.599. The van der Waals surface area contributed by atoms with E-state index in [0.717, 1.165) is 22.4 Å². The summed E-state index contributed by atoms with van der Waals surface area (Å²) in [5.41, 5.74) is 3.16. The van der Waals surface area contributed by atoms with Crippen molar-refractivity contribution in [3.8, 4) is 6.07 Å². The molecule has 0 saturated carbocycles. The Morgan fingerprint density at radius 2 is 1.86 bits per heavy atom. The predicted octanol–water partition coefficient (Wildman–Crippen LogP) is 2.78. The lowest BCUT2D eigenvalue weighted by Crippen LogP contribution is -2.25. The van der Waals surface area contributed by atoms with Crippen LogP contribution in [0.5, 0.6) is 0 Å². The number of nitrogens with zero attached hydrogens (tertiary/aromatic N) is 3. The highest BCUT2D eigenvalue weighted by Crippen LogP contribution is 2.24. The predicted molar refractivity (Wildman–Crippen MR) is 82.6 cm³/mol. The van der Waals surface area contributed by atoms with Gasteiger partial charge in [-0.15, -0.1) is 0 Å². The molecule has 0 fully saturated rings. The molecule has 2 aromatic carbocycles. The van der Waals surface area contributed by atoms with E-state index in [2.05, 4.69) is 22.0 Å². The van der Waals surface area contributed by atoms with Gasteiger partial charge in [-0.1, -0.05) is 42.5 Å². The number of hydrogen-bond acceptors (Lipinski definition) is 3. The minimum Gasteiger partial charge on any atom is -0.329 e. The van der Waals surface area contributed by atoms with Crippen LogP contribution in [0.15, 0.2) is 54.6 Å². The van der Waals surface area contributed by atoms with Crippen LogP contribution in [0.25, 0.3) is 11.0 Å². The third-order valence-electron chi connectivity index (χ3n) is 3.60. The molecule has 0 unspecified atom stereocenters. The van der Waals surface area contributed by atoms with Crippen molar-refractivity contribution in [1.29, 1.82) is 5.26 Å². The summed E-state index contributed by atoms with van der Waals surface area (Å²) in [5.74, 6) is 0.914. The summed E-state index contributed by atoms with van der Waals surface area (Å²) >= 11 is 0. The van der Waals surface area contributed by atoms with Crippen LogP contribution in [-0.4, -0.2) is 16.1 Å². The lowest BCUT2D eigenvalue weighted by atomic mass is 10.1. The number of benzene rings is 2. The monoisotopic (exact) mass is 276 g/mol. The van der Waals surface area contributed by atoms with Crippen molar-refractivity contribution in [2.75, 3.05) is 6.54 Å². The molecule has 104 valence electrons. The summed E-state index contributed by atoms with van der Waals surface area (Å²) in [4.78, 5) is 4.73. The lowest BCUT2D eigenvalue weighted by Gasteiger charge is -2.17. The Balaban J connectivity index is 2.10. The number of imidazole rings is 1. The quantitative estimate of drug-likeness (QED) is 0.745. The minimum atomic E-state index is -0.0942. The van der Waals surface area contributed by atoms with Crippen LogP contribution >= 0.6 is 0 Å². The van der Waals surface area contributed by atoms with Crippen molar-refractivity contribution >= 4 is 11.0 Å². The van der Waals surface area contributed by atoms with Crippen molar-refractivity contribution in [3.05, 3.63) is 66.0 Å². The molecule has 0 radical (unpaired) electrons. The van der Waals surface area contributed by atoms with Gasteiger partial charge in [-0.2, -0.15) is 5.26 Å². The number of aromatic nitrogens is 2. The molecule has 0 aliphatic heterocycles. The molecular formula is C17H16N4. The Morgan fingerprint density at radius 3 is 2.57 bits per heavy atom. The van der Waals surface area contributed by atoms with E-state index in [4.69, 9.17) is 10.2 Å². The van der Waals surface area contributed by atoms with Crippen LogP contribution in [0.2, 0.25) is 0 Å². The molecule has 0 bridgehead atoms.